The van der Waals surface area contributed by atoms with Crippen molar-refractivity contribution < 1.29 is 14.6 Å². The Morgan fingerprint density at radius 3 is 2.82 bits per heavy atom. The molecule has 1 aromatic rings. The Kier molecular flexibility index (Phi) is 4.49. The number of carbonyl (C=O) groups is 1. The van der Waals surface area contributed by atoms with E-state index >= 15 is 0 Å². The van der Waals surface area contributed by atoms with Crippen LogP contribution in [0.1, 0.15) is 45.0 Å². The number of Topliss-reactive ketones (excluding diaryl/α,β-unsaturated/α-hetero) is 1. The second kappa shape index (κ2) is 5.89. The predicted molar refractivity (Wildman–Crippen MR) is 87.7 cm³/mol. The van der Waals surface area contributed by atoms with Crippen LogP contribution in [-0.4, -0.2) is 41.2 Å². The van der Waals surface area contributed by atoms with Gasteiger partial charge in [0.1, 0.15) is 11.4 Å². The predicted octanol–water partition coefficient (Wildman–Crippen LogP) is 2.20. The molecular weight excluding hydrogens is 280 g/mol. The van der Waals surface area contributed by atoms with Gasteiger partial charge in [0.2, 0.25) is 0 Å². The number of benzene rings is 1. The van der Waals surface area contributed by atoms with E-state index < -0.39 is 5.54 Å². The number of hydrogen-bond donors (Lipinski definition) is 3. The van der Waals surface area contributed by atoms with Crippen molar-refractivity contribution in [2.24, 2.45) is 0 Å². The van der Waals surface area contributed by atoms with E-state index in [1.165, 1.54) is 0 Å². The maximum Gasteiger partial charge on any atom is 0.179 e. The van der Waals surface area contributed by atoms with E-state index in [9.17, 15) is 9.90 Å². The smallest absolute Gasteiger partial charge is 0.179 e. The lowest BCUT2D eigenvalue weighted by molar-refractivity contribution is 0.0911. The molecule has 0 aliphatic carbocycles. The average Bonchev–Trinajstić information content (AvgIpc) is 2.44. The van der Waals surface area contributed by atoms with Gasteiger partial charge in [-0.05, 0) is 52.8 Å². The summed E-state index contributed by atoms with van der Waals surface area (Å²) in [6.07, 6.45) is 0. The number of ketones is 1. The van der Waals surface area contributed by atoms with Gasteiger partial charge in [0, 0.05) is 11.1 Å². The molecule has 1 aliphatic rings. The van der Waals surface area contributed by atoms with Crippen LogP contribution in [0.4, 0.5) is 5.69 Å². The summed E-state index contributed by atoms with van der Waals surface area (Å²) in [7, 11) is 0. The van der Waals surface area contributed by atoms with Gasteiger partial charge in [-0.25, -0.2) is 0 Å². The fraction of sp³-hybridized carbons (Fsp3) is 0.588. The molecule has 5 nitrogen and oxygen atoms in total. The van der Waals surface area contributed by atoms with Crippen molar-refractivity contribution in [3.8, 4) is 5.75 Å². The normalized spacial score (nSPS) is 17.9. The Balaban J connectivity index is 2.15. The number of carbonyl (C=O) groups excluding carboxylic acids is 1. The first-order valence-electron chi connectivity index (χ1n) is 7.63. The second-order valence-electron chi connectivity index (χ2n) is 7.20. The summed E-state index contributed by atoms with van der Waals surface area (Å²) < 4.78 is 5.89. The molecule has 0 aromatic heterocycles. The monoisotopic (exact) mass is 306 g/mol. The molecule has 0 saturated carbocycles. The molecule has 1 unspecified atom stereocenters. The quantitative estimate of drug-likeness (QED) is 0.728. The molecule has 0 amide bonds. The zero-order valence-corrected chi connectivity index (χ0v) is 14.0. The van der Waals surface area contributed by atoms with Crippen molar-refractivity contribution in [1.82, 2.24) is 5.32 Å². The van der Waals surface area contributed by atoms with Crippen molar-refractivity contribution >= 4 is 11.5 Å². The highest BCUT2D eigenvalue weighted by atomic mass is 16.5. The molecular formula is C17H26N2O3. The van der Waals surface area contributed by atoms with Gasteiger partial charge in [-0.15, -0.1) is 0 Å². The molecule has 22 heavy (non-hydrogen) atoms. The van der Waals surface area contributed by atoms with E-state index in [1.54, 1.807) is 6.07 Å². The molecule has 0 fully saturated rings. The number of anilines is 1. The topological polar surface area (TPSA) is 70.6 Å². The van der Waals surface area contributed by atoms with E-state index in [1.807, 2.05) is 46.8 Å². The van der Waals surface area contributed by atoms with Crippen LogP contribution in [0, 0.1) is 0 Å². The summed E-state index contributed by atoms with van der Waals surface area (Å²) in [5, 5.41) is 15.8. The van der Waals surface area contributed by atoms with Crippen molar-refractivity contribution in [2.45, 2.75) is 51.8 Å². The third-order valence-corrected chi connectivity index (χ3v) is 3.75. The second-order valence-corrected chi connectivity index (χ2v) is 7.20. The molecule has 1 atom stereocenters. The first-order valence-corrected chi connectivity index (χ1v) is 7.63. The van der Waals surface area contributed by atoms with Crippen molar-refractivity contribution in [2.75, 3.05) is 18.5 Å². The van der Waals surface area contributed by atoms with Gasteiger partial charge >= 0.3 is 0 Å². The van der Waals surface area contributed by atoms with Gasteiger partial charge in [-0.2, -0.15) is 0 Å². The molecule has 5 heteroatoms. The fourth-order valence-electron chi connectivity index (χ4n) is 2.50. The number of nitrogens with one attached hydrogen (secondary N) is 2. The zero-order chi connectivity index (χ0) is 16.5. The molecule has 122 valence electrons. The molecule has 0 spiro atoms. The highest BCUT2D eigenvalue weighted by molar-refractivity contribution is 6.01. The third kappa shape index (κ3) is 3.78. The SMILES string of the molecule is CC(NC(C)(C)CO)C(=O)c1ccc2c(c1)NCC(C)(C)O2. The minimum atomic E-state index is -0.491. The summed E-state index contributed by atoms with van der Waals surface area (Å²) >= 11 is 0. The van der Waals surface area contributed by atoms with Gasteiger partial charge in [0.05, 0.1) is 24.9 Å². The minimum absolute atomic E-state index is 0.00374. The number of hydrogen-bond acceptors (Lipinski definition) is 5. The Hall–Kier alpha value is -1.59. The maximum absolute atomic E-state index is 12.5. The van der Waals surface area contributed by atoms with Crippen molar-refractivity contribution in [3.05, 3.63) is 23.8 Å². The first kappa shape index (κ1) is 16.8. The number of rotatable bonds is 5. The number of aliphatic hydroxyl groups excluding tert-OH is 1. The zero-order valence-electron chi connectivity index (χ0n) is 14.0. The highest BCUT2D eigenvalue weighted by Gasteiger charge is 2.28. The van der Waals surface area contributed by atoms with Crippen LogP contribution in [0.3, 0.4) is 0 Å². The summed E-state index contributed by atoms with van der Waals surface area (Å²) in [6.45, 7) is 10.2. The lowest BCUT2D eigenvalue weighted by atomic mass is 9.99. The molecule has 2 rings (SSSR count). The van der Waals surface area contributed by atoms with E-state index in [4.69, 9.17) is 4.74 Å². The van der Waals surface area contributed by atoms with E-state index in [0.717, 1.165) is 11.4 Å². The van der Waals surface area contributed by atoms with E-state index in [-0.39, 0.29) is 24.0 Å². The van der Waals surface area contributed by atoms with Crippen LogP contribution in [0.5, 0.6) is 5.75 Å². The van der Waals surface area contributed by atoms with Gasteiger partial charge < -0.3 is 20.5 Å². The third-order valence-electron chi connectivity index (χ3n) is 3.75. The molecule has 0 bridgehead atoms. The molecule has 1 heterocycles. The first-order chi connectivity index (χ1) is 10.1. The van der Waals surface area contributed by atoms with Crippen LogP contribution in [0.15, 0.2) is 18.2 Å². The van der Waals surface area contributed by atoms with Crippen molar-refractivity contribution in [1.29, 1.82) is 0 Å². The van der Waals surface area contributed by atoms with Crippen LogP contribution in [0.2, 0.25) is 0 Å². The largest absolute Gasteiger partial charge is 0.484 e. The molecule has 1 aromatic carbocycles. The lowest BCUT2D eigenvalue weighted by Gasteiger charge is -2.33. The van der Waals surface area contributed by atoms with Crippen molar-refractivity contribution in [3.63, 3.8) is 0 Å². The summed E-state index contributed by atoms with van der Waals surface area (Å²) in [6, 6.07) is 5.08. The van der Waals surface area contributed by atoms with Gasteiger partial charge in [0.25, 0.3) is 0 Å². The standard InChI is InChI=1S/C17H26N2O3/c1-11(19-16(2,3)10-20)15(21)12-6-7-14-13(8-12)18-9-17(4,5)22-14/h6-8,11,18-20H,9-10H2,1-5H3. The summed E-state index contributed by atoms with van der Waals surface area (Å²) in [4.78, 5) is 12.5. The molecule has 3 N–H and O–H groups in total. The lowest BCUT2D eigenvalue weighted by Crippen LogP contribution is -2.50. The Labute approximate surface area is 132 Å². The molecule has 1 aliphatic heterocycles. The van der Waals surface area contributed by atoms with Crippen LogP contribution in [0.25, 0.3) is 0 Å². The molecule has 0 saturated heterocycles. The van der Waals surface area contributed by atoms with Crippen LogP contribution >= 0.6 is 0 Å². The fourth-order valence-corrected chi connectivity index (χ4v) is 2.50. The van der Waals surface area contributed by atoms with Gasteiger partial charge in [-0.1, -0.05) is 0 Å². The van der Waals surface area contributed by atoms with Crippen LogP contribution < -0.4 is 15.4 Å². The maximum atomic E-state index is 12.5. The van der Waals surface area contributed by atoms with Crippen LogP contribution in [-0.2, 0) is 0 Å². The average molecular weight is 306 g/mol. The number of ether oxygens (including phenoxy) is 1. The van der Waals surface area contributed by atoms with Gasteiger partial charge in [-0.3, -0.25) is 4.79 Å². The number of aliphatic hydroxyl groups is 1. The summed E-state index contributed by atoms with van der Waals surface area (Å²) in [5.74, 6) is 0.764. The van der Waals surface area contributed by atoms with Gasteiger partial charge in [0.15, 0.2) is 5.78 Å². The Morgan fingerprint density at radius 1 is 1.50 bits per heavy atom. The Morgan fingerprint density at radius 2 is 2.18 bits per heavy atom. The highest BCUT2D eigenvalue weighted by Crippen LogP contribution is 2.33. The minimum Gasteiger partial charge on any atom is -0.484 e. The number of fused-ring (bicyclic) bond motifs is 1. The Bertz CT molecular complexity index is 567. The van der Waals surface area contributed by atoms with E-state index in [0.29, 0.717) is 12.1 Å². The molecule has 0 radical (unpaired) electrons. The summed E-state index contributed by atoms with van der Waals surface area (Å²) in [5.41, 5.74) is 0.731. The van der Waals surface area contributed by atoms with E-state index in [2.05, 4.69) is 10.6 Å².